The van der Waals surface area contributed by atoms with Gasteiger partial charge in [-0.05, 0) is 24.4 Å². The molecule has 0 aromatic carbocycles. The molecule has 0 saturated heterocycles. The van der Waals surface area contributed by atoms with E-state index in [0.29, 0.717) is 24.7 Å². The van der Waals surface area contributed by atoms with E-state index in [9.17, 15) is 4.79 Å². The Balaban J connectivity index is 0.00000289. The van der Waals surface area contributed by atoms with Crippen LogP contribution in [0.1, 0.15) is 42.9 Å². The second kappa shape index (κ2) is 7.38. The van der Waals surface area contributed by atoms with Crippen LogP contribution in [0.3, 0.4) is 0 Å². The first-order valence-corrected chi connectivity index (χ1v) is 5.97. The molecule has 0 aliphatic rings. The number of hydrogen-bond acceptors (Lipinski definition) is 3. The van der Waals surface area contributed by atoms with Crippen molar-refractivity contribution in [1.82, 2.24) is 15.1 Å². The molecule has 1 aromatic rings. The van der Waals surface area contributed by atoms with Crippen molar-refractivity contribution in [3.05, 3.63) is 17.5 Å². The summed E-state index contributed by atoms with van der Waals surface area (Å²) in [7, 11) is 1.86. The van der Waals surface area contributed by atoms with Gasteiger partial charge < -0.3 is 11.1 Å². The summed E-state index contributed by atoms with van der Waals surface area (Å²) >= 11 is 0. The molecule has 5 nitrogen and oxygen atoms in total. The van der Waals surface area contributed by atoms with Gasteiger partial charge in [0.05, 0.1) is 0 Å². The first kappa shape index (κ1) is 16.9. The molecular weight excluding hydrogens is 252 g/mol. The van der Waals surface area contributed by atoms with Crippen molar-refractivity contribution in [3.63, 3.8) is 0 Å². The molecule has 1 aromatic heterocycles. The van der Waals surface area contributed by atoms with Crippen molar-refractivity contribution in [2.24, 2.45) is 18.7 Å². The molecular formula is C12H23ClN4O. The van der Waals surface area contributed by atoms with Crippen LogP contribution in [0.2, 0.25) is 0 Å². The minimum atomic E-state index is -0.132. The van der Waals surface area contributed by atoms with Crippen molar-refractivity contribution < 1.29 is 4.79 Å². The molecule has 3 N–H and O–H groups in total. The van der Waals surface area contributed by atoms with Gasteiger partial charge in [-0.3, -0.25) is 9.48 Å². The highest BCUT2D eigenvalue weighted by atomic mass is 35.5. The largest absolute Gasteiger partial charge is 0.350 e. The van der Waals surface area contributed by atoms with Gasteiger partial charge in [0, 0.05) is 19.3 Å². The van der Waals surface area contributed by atoms with Gasteiger partial charge in [0.2, 0.25) is 0 Å². The molecule has 0 spiro atoms. The fraction of sp³-hybridized carbons (Fsp3) is 0.667. The zero-order valence-corrected chi connectivity index (χ0v) is 12.3. The molecule has 0 radical (unpaired) electrons. The highest BCUT2D eigenvalue weighted by Gasteiger charge is 2.14. The van der Waals surface area contributed by atoms with E-state index in [0.717, 1.165) is 5.69 Å². The number of aryl methyl sites for hydroxylation is 1. The van der Waals surface area contributed by atoms with E-state index in [1.54, 1.807) is 4.68 Å². The average molecular weight is 275 g/mol. The fourth-order valence-electron chi connectivity index (χ4n) is 1.57. The van der Waals surface area contributed by atoms with Crippen LogP contribution < -0.4 is 11.1 Å². The lowest BCUT2D eigenvalue weighted by Crippen LogP contribution is -2.31. The van der Waals surface area contributed by atoms with Crippen LogP contribution in [-0.2, 0) is 7.05 Å². The van der Waals surface area contributed by atoms with E-state index in [1.165, 1.54) is 0 Å². The van der Waals surface area contributed by atoms with E-state index < -0.39 is 0 Å². The summed E-state index contributed by atoms with van der Waals surface area (Å²) in [6.07, 6.45) is 0. The number of carbonyl (C=O) groups is 1. The topological polar surface area (TPSA) is 72.9 Å². The summed E-state index contributed by atoms with van der Waals surface area (Å²) in [6, 6.07) is 1.84. The van der Waals surface area contributed by atoms with Crippen LogP contribution in [0.4, 0.5) is 0 Å². The smallest absolute Gasteiger partial charge is 0.271 e. The number of amides is 1. The predicted molar refractivity (Wildman–Crippen MR) is 75.1 cm³/mol. The molecule has 0 aliphatic carbocycles. The summed E-state index contributed by atoms with van der Waals surface area (Å²) < 4.78 is 1.76. The number of halogens is 1. The number of nitrogens with two attached hydrogens (primary N) is 1. The lowest BCUT2D eigenvalue weighted by molar-refractivity contribution is 0.0943. The maximum atomic E-state index is 11.8. The normalized spacial score (nSPS) is 12.1. The van der Waals surface area contributed by atoms with Gasteiger partial charge in [-0.2, -0.15) is 5.10 Å². The third-order valence-corrected chi connectivity index (χ3v) is 2.75. The van der Waals surface area contributed by atoms with E-state index in [4.69, 9.17) is 5.73 Å². The number of hydrogen-bond donors (Lipinski definition) is 2. The summed E-state index contributed by atoms with van der Waals surface area (Å²) in [5.41, 5.74) is 7.02. The molecule has 104 valence electrons. The van der Waals surface area contributed by atoms with Gasteiger partial charge in [-0.25, -0.2) is 0 Å². The molecule has 1 atom stereocenters. The molecule has 0 saturated carbocycles. The summed E-state index contributed by atoms with van der Waals surface area (Å²) in [5.74, 6) is 0.511. The number of carbonyl (C=O) groups excluding carboxylic acids is 1. The van der Waals surface area contributed by atoms with E-state index >= 15 is 0 Å². The molecule has 6 heteroatoms. The van der Waals surface area contributed by atoms with Crippen molar-refractivity contribution in [3.8, 4) is 0 Å². The Hall–Kier alpha value is -1.07. The van der Waals surface area contributed by atoms with Gasteiger partial charge in [-0.15, -0.1) is 12.4 Å². The minimum Gasteiger partial charge on any atom is -0.350 e. The van der Waals surface area contributed by atoms with Crippen LogP contribution >= 0.6 is 12.4 Å². The molecule has 1 unspecified atom stereocenters. The maximum absolute atomic E-state index is 11.8. The maximum Gasteiger partial charge on any atom is 0.271 e. The number of aromatic nitrogens is 2. The van der Waals surface area contributed by atoms with Crippen molar-refractivity contribution in [2.75, 3.05) is 13.1 Å². The van der Waals surface area contributed by atoms with Crippen LogP contribution in [0.5, 0.6) is 0 Å². The average Bonchev–Trinajstić information content (AvgIpc) is 2.67. The van der Waals surface area contributed by atoms with Gasteiger partial charge in [0.25, 0.3) is 5.91 Å². The lowest BCUT2D eigenvalue weighted by Gasteiger charge is -2.08. The van der Waals surface area contributed by atoms with E-state index in [-0.39, 0.29) is 24.2 Å². The van der Waals surface area contributed by atoms with E-state index in [1.807, 2.05) is 20.0 Å². The van der Waals surface area contributed by atoms with Crippen LogP contribution in [0.15, 0.2) is 6.07 Å². The quantitative estimate of drug-likeness (QED) is 0.850. The summed E-state index contributed by atoms with van der Waals surface area (Å²) in [6.45, 7) is 7.31. The summed E-state index contributed by atoms with van der Waals surface area (Å²) in [5, 5.41) is 7.04. The van der Waals surface area contributed by atoms with Gasteiger partial charge in [0.15, 0.2) is 0 Å². The number of nitrogens with one attached hydrogen (secondary N) is 1. The van der Waals surface area contributed by atoms with Crippen molar-refractivity contribution >= 4 is 18.3 Å². The van der Waals surface area contributed by atoms with Gasteiger partial charge in [-0.1, -0.05) is 20.8 Å². The second-order valence-electron chi connectivity index (χ2n) is 4.78. The van der Waals surface area contributed by atoms with E-state index in [2.05, 4.69) is 24.3 Å². The first-order chi connectivity index (χ1) is 7.95. The molecule has 18 heavy (non-hydrogen) atoms. The molecule has 1 heterocycles. The van der Waals surface area contributed by atoms with Crippen molar-refractivity contribution in [2.45, 2.75) is 26.7 Å². The Morgan fingerprint density at radius 3 is 2.56 bits per heavy atom. The fourth-order valence-corrected chi connectivity index (χ4v) is 1.57. The Bertz CT molecular complexity index is 389. The monoisotopic (exact) mass is 274 g/mol. The Kier molecular flexibility index (Phi) is 6.94. The van der Waals surface area contributed by atoms with Crippen LogP contribution in [0, 0.1) is 5.92 Å². The zero-order chi connectivity index (χ0) is 13.0. The lowest BCUT2D eigenvalue weighted by atomic mass is 10.1. The Labute approximate surface area is 115 Å². The number of nitrogens with zero attached hydrogens (tertiary/aromatic N) is 2. The standard InChI is InChI=1S/C12H22N4O.ClH/c1-8(2)11-5-10(15-16(11)4)12(17)14-7-9(3)6-13;/h5,8-9H,6-7,13H2,1-4H3,(H,14,17);1H. The third kappa shape index (κ3) is 4.31. The van der Waals surface area contributed by atoms with Crippen LogP contribution in [0.25, 0.3) is 0 Å². The molecule has 1 amide bonds. The minimum absolute atomic E-state index is 0. The summed E-state index contributed by atoms with van der Waals surface area (Å²) in [4.78, 5) is 11.8. The SMILES string of the molecule is CC(CN)CNC(=O)c1cc(C(C)C)n(C)n1.Cl. The second-order valence-corrected chi connectivity index (χ2v) is 4.78. The highest BCUT2D eigenvalue weighted by Crippen LogP contribution is 2.14. The predicted octanol–water partition coefficient (Wildman–Crippen LogP) is 1.29. The molecule has 1 rings (SSSR count). The van der Waals surface area contributed by atoms with Gasteiger partial charge in [0.1, 0.15) is 5.69 Å². The molecule has 0 bridgehead atoms. The van der Waals surface area contributed by atoms with Crippen LogP contribution in [-0.4, -0.2) is 28.8 Å². The Morgan fingerprint density at radius 2 is 2.11 bits per heavy atom. The van der Waals surface area contributed by atoms with Crippen molar-refractivity contribution in [1.29, 1.82) is 0 Å². The third-order valence-electron chi connectivity index (χ3n) is 2.75. The van der Waals surface area contributed by atoms with Gasteiger partial charge >= 0.3 is 0 Å². The zero-order valence-electron chi connectivity index (χ0n) is 11.4. The highest BCUT2D eigenvalue weighted by molar-refractivity contribution is 5.92. The molecule has 0 fully saturated rings. The molecule has 0 aliphatic heterocycles. The Morgan fingerprint density at radius 1 is 1.50 bits per heavy atom. The first-order valence-electron chi connectivity index (χ1n) is 5.97. The number of rotatable bonds is 5.